The minimum atomic E-state index is -0.299. The molecule has 4 heteroatoms. The zero-order chi connectivity index (χ0) is 22.0. The van der Waals surface area contributed by atoms with E-state index in [0.717, 1.165) is 44.4 Å². The van der Waals surface area contributed by atoms with Crippen molar-refractivity contribution in [3.8, 4) is 0 Å². The predicted molar refractivity (Wildman–Crippen MR) is 123 cm³/mol. The molecule has 4 nitrogen and oxygen atoms in total. The first-order valence-electron chi connectivity index (χ1n) is 13.2. The molecule has 7 rings (SSSR count). The third kappa shape index (κ3) is 2.33. The van der Waals surface area contributed by atoms with Crippen molar-refractivity contribution in [3.05, 3.63) is 34.4 Å². The molecule has 1 aromatic rings. The zero-order valence-corrected chi connectivity index (χ0v) is 19.9. The fraction of sp³-hybridized carbons (Fsp3) is 0.786. The van der Waals surface area contributed by atoms with Crippen molar-refractivity contribution in [1.29, 1.82) is 0 Å². The van der Waals surface area contributed by atoms with Gasteiger partial charge in [-0.25, -0.2) is 0 Å². The average Bonchev–Trinajstić information content (AvgIpc) is 3.32. The topological polar surface area (TPSA) is 52.9 Å². The summed E-state index contributed by atoms with van der Waals surface area (Å²) in [5.41, 5.74) is 6.00. The predicted octanol–water partition coefficient (Wildman–Crippen LogP) is 4.28. The summed E-state index contributed by atoms with van der Waals surface area (Å²) in [4.78, 5) is 2.74. The smallest absolute Gasteiger partial charge is 0.148 e. The van der Waals surface area contributed by atoms with Crippen molar-refractivity contribution in [2.24, 2.45) is 23.2 Å². The largest absolute Gasteiger partial charge is 0.393 e. The molecule has 0 unspecified atom stereocenters. The summed E-state index contributed by atoms with van der Waals surface area (Å²) in [6.45, 7) is 6.06. The highest BCUT2D eigenvalue weighted by molar-refractivity contribution is 5.53. The average molecular weight is 438 g/mol. The fourth-order valence-electron chi connectivity index (χ4n) is 9.91. The lowest BCUT2D eigenvalue weighted by Gasteiger charge is -2.55. The van der Waals surface area contributed by atoms with E-state index in [2.05, 4.69) is 30.9 Å². The number of hydrogen-bond acceptors (Lipinski definition) is 4. The molecule has 1 aromatic carbocycles. The summed E-state index contributed by atoms with van der Waals surface area (Å²) in [5, 5.41) is 21.6. The lowest BCUT2D eigenvalue weighted by Crippen LogP contribution is -2.55. The first kappa shape index (κ1) is 20.4. The Balaban J connectivity index is 1.38. The number of benzene rings is 1. The van der Waals surface area contributed by atoms with Gasteiger partial charge in [-0.15, -0.1) is 0 Å². The molecule has 0 radical (unpaired) electrons. The van der Waals surface area contributed by atoms with Crippen LogP contribution in [-0.4, -0.2) is 47.0 Å². The van der Waals surface area contributed by atoms with Gasteiger partial charge in [-0.1, -0.05) is 26.0 Å². The molecule has 174 valence electrons. The van der Waals surface area contributed by atoms with E-state index in [4.69, 9.17) is 4.74 Å². The molecule has 2 saturated heterocycles. The molecule has 2 bridgehead atoms. The Morgan fingerprint density at radius 3 is 2.69 bits per heavy atom. The number of aliphatic hydroxyl groups is 2. The van der Waals surface area contributed by atoms with Crippen LogP contribution in [0.25, 0.3) is 0 Å². The van der Waals surface area contributed by atoms with Crippen LogP contribution in [0, 0.1) is 23.2 Å². The van der Waals surface area contributed by atoms with Gasteiger partial charge in [-0.2, -0.15) is 0 Å². The first-order chi connectivity index (χ1) is 15.4. The van der Waals surface area contributed by atoms with Gasteiger partial charge in [0.1, 0.15) is 5.72 Å². The number of nitrogens with zero attached hydrogens (tertiary/aromatic N) is 1. The maximum atomic E-state index is 11.2. The molecule has 2 saturated carbocycles. The first-order valence-corrected chi connectivity index (χ1v) is 13.2. The van der Waals surface area contributed by atoms with Crippen molar-refractivity contribution >= 4 is 0 Å². The standard InChI is InChI=1S/C28H39NO3/c1-15-18-5-6-19-20-12-25(31)23-10-17(30)8-9-27(23,2)22(20)11-21(19)26(18)28(32-3)13-16-4-7-24(15)29(28)14-16/h5-6,15-17,20,22-25,30-31H,4,7-14H2,1-3H3/t15-,16-,17+,20+,22+,23-,24+,25-,27-,28+/m1/s1. The molecule has 0 spiro atoms. The second-order valence-electron chi connectivity index (χ2n) is 12.5. The number of piperidine rings is 1. The maximum absolute atomic E-state index is 11.2. The molecule has 32 heavy (non-hydrogen) atoms. The van der Waals surface area contributed by atoms with Gasteiger partial charge in [-0.3, -0.25) is 4.90 Å². The molecule has 3 aliphatic carbocycles. The Morgan fingerprint density at radius 2 is 1.88 bits per heavy atom. The molecular weight excluding hydrogens is 398 g/mol. The normalized spacial score (nSPS) is 51.0. The fourth-order valence-corrected chi connectivity index (χ4v) is 9.91. The second kappa shape index (κ2) is 6.59. The van der Waals surface area contributed by atoms with E-state index >= 15 is 0 Å². The van der Waals surface area contributed by atoms with Gasteiger partial charge in [0.05, 0.1) is 12.2 Å². The summed E-state index contributed by atoms with van der Waals surface area (Å²) in [7, 11) is 1.95. The summed E-state index contributed by atoms with van der Waals surface area (Å²) in [6.07, 6.45) is 7.91. The molecule has 3 aliphatic heterocycles. The van der Waals surface area contributed by atoms with Crippen molar-refractivity contribution in [2.45, 2.75) is 101 Å². The second-order valence-corrected chi connectivity index (χ2v) is 12.5. The van der Waals surface area contributed by atoms with Gasteiger partial charge >= 0.3 is 0 Å². The monoisotopic (exact) mass is 437 g/mol. The SMILES string of the molecule is CO[C@@]12C[C@H]3CC[C@@H]([C@H](C)c4ccc5c(c41)C[C@H]1[C@H]5C[C@@H](O)[C@H]4C[C@@H](O)CC[C@@]41C)N2C3. The quantitative estimate of drug-likeness (QED) is 0.689. The highest BCUT2D eigenvalue weighted by atomic mass is 16.5. The van der Waals surface area contributed by atoms with Crippen LogP contribution < -0.4 is 0 Å². The minimum Gasteiger partial charge on any atom is -0.393 e. The van der Waals surface area contributed by atoms with E-state index in [-0.39, 0.29) is 29.3 Å². The van der Waals surface area contributed by atoms with Crippen LogP contribution in [-0.2, 0) is 16.9 Å². The number of rotatable bonds is 1. The van der Waals surface area contributed by atoms with E-state index in [1.54, 1.807) is 5.56 Å². The van der Waals surface area contributed by atoms with Crippen LogP contribution in [0.15, 0.2) is 12.1 Å². The molecule has 0 amide bonds. The zero-order valence-electron chi connectivity index (χ0n) is 19.9. The van der Waals surface area contributed by atoms with Gasteiger partial charge < -0.3 is 14.9 Å². The number of hydrogen-bond donors (Lipinski definition) is 2. The lowest BCUT2D eigenvalue weighted by atomic mass is 9.51. The number of methoxy groups -OCH3 is 1. The minimum absolute atomic E-state index is 0.113. The lowest BCUT2D eigenvalue weighted by molar-refractivity contribution is -0.149. The highest BCUT2D eigenvalue weighted by Gasteiger charge is 2.61. The van der Waals surface area contributed by atoms with E-state index in [1.807, 2.05) is 7.11 Å². The van der Waals surface area contributed by atoms with E-state index in [9.17, 15) is 10.2 Å². The molecule has 10 atom stereocenters. The van der Waals surface area contributed by atoms with Gasteiger partial charge in [0.25, 0.3) is 0 Å². The van der Waals surface area contributed by atoms with Gasteiger partial charge in [0, 0.05) is 25.3 Å². The highest BCUT2D eigenvalue weighted by Crippen LogP contribution is 2.65. The summed E-state index contributed by atoms with van der Waals surface area (Å²) in [5.74, 6) is 2.56. The van der Waals surface area contributed by atoms with E-state index in [1.165, 1.54) is 36.1 Å². The Labute approximate surface area is 192 Å². The van der Waals surface area contributed by atoms with Crippen molar-refractivity contribution < 1.29 is 14.9 Å². The van der Waals surface area contributed by atoms with Crippen LogP contribution in [0.5, 0.6) is 0 Å². The molecule has 2 N–H and O–H groups in total. The van der Waals surface area contributed by atoms with E-state index < -0.39 is 0 Å². The van der Waals surface area contributed by atoms with Crippen LogP contribution >= 0.6 is 0 Å². The molecule has 3 heterocycles. The van der Waals surface area contributed by atoms with Crippen LogP contribution in [0.1, 0.15) is 92.9 Å². The third-order valence-corrected chi connectivity index (χ3v) is 11.4. The molecule has 0 aromatic heterocycles. The van der Waals surface area contributed by atoms with Crippen molar-refractivity contribution in [3.63, 3.8) is 0 Å². The Hall–Kier alpha value is -0.940. The maximum Gasteiger partial charge on any atom is 0.148 e. The van der Waals surface area contributed by atoms with Gasteiger partial charge in [0.15, 0.2) is 0 Å². The molecule has 4 fully saturated rings. The summed E-state index contributed by atoms with van der Waals surface area (Å²) >= 11 is 0. The number of fused-ring (bicyclic) bond motifs is 9. The summed E-state index contributed by atoms with van der Waals surface area (Å²) in [6, 6.07) is 5.48. The van der Waals surface area contributed by atoms with Crippen LogP contribution in [0.3, 0.4) is 0 Å². The number of aliphatic hydroxyl groups excluding tert-OH is 2. The third-order valence-electron chi connectivity index (χ3n) is 11.4. The molecule has 6 aliphatic rings. The van der Waals surface area contributed by atoms with Gasteiger partial charge in [-0.05, 0) is 103 Å². The van der Waals surface area contributed by atoms with Crippen molar-refractivity contribution in [1.82, 2.24) is 4.90 Å². The van der Waals surface area contributed by atoms with Gasteiger partial charge in [0.2, 0.25) is 0 Å². The van der Waals surface area contributed by atoms with Crippen molar-refractivity contribution in [2.75, 3.05) is 13.7 Å². The number of ether oxygens (including phenoxy) is 1. The summed E-state index contributed by atoms with van der Waals surface area (Å²) < 4.78 is 6.55. The van der Waals surface area contributed by atoms with Crippen LogP contribution in [0.2, 0.25) is 0 Å². The Bertz CT molecular complexity index is 962. The van der Waals surface area contributed by atoms with Crippen LogP contribution in [0.4, 0.5) is 0 Å². The van der Waals surface area contributed by atoms with E-state index in [0.29, 0.717) is 23.8 Å². The Morgan fingerprint density at radius 1 is 1.06 bits per heavy atom. The molecular formula is C28H39NO3. The Kier molecular flexibility index (Phi) is 4.21.